The second-order valence-electron chi connectivity index (χ2n) is 28.8. The highest BCUT2D eigenvalue weighted by Gasteiger charge is 2.48. The van der Waals surface area contributed by atoms with Gasteiger partial charge in [-0.1, -0.05) is 59.3 Å². The van der Waals surface area contributed by atoms with Crippen molar-refractivity contribution in [2.45, 2.75) is 254 Å². The van der Waals surface area contributed by atoms with Gasteiger partial charge in [-0.05, 0) is 76.5 Å². The molecular weight excluding hydrogens is 1630 g/mol. The molecule has 12 unspecified atom stereocenters. The molecule has 12 N–H and O–H groups in total. The summed E-state index contributed by atoms with van der Waals surface area (Å²) in [6, 6.07) is -3.37. The van der Waals surface area contributed by atoms with Crippen molar-refractivity contribution in [1.82, 2.24) is 16.0 Å². The van der Waals surface area contributed by atoms with Crippen LogP contribution in [0.3, 0.4) is 0 Å². The minimum atomic E-state index is -5.32. The molecule has 23 atom stereocenters. The van der Waals surface area contributed by atoms with Crippen LogP contribution in [0.1, 0.15) is 151 Å². The summed E-state index contributed by atoms with van der Waals surface area (Å²) in [5.74, 6) is -2.33. The first kappa shape index (κ1) is 105. The van der Waals surface area contributed by atoms with E-state index in [0.717, 1.165) is 0 Å². The predicted molar refractivity (Wildman–Crippen MR) is 386 cm³/mol. The summed E-state index contributed by atoms with van der Waals surface area (Å²) in [7, 11) is -24.3. The smallest absolute Gasteiger partial charge is 0.267 e. The van der Waals surface area contributed by atoms with Crippen molar-refractivity contribution in [1.29, 1.82) is 0 Å². The van der Waals surface area contributed by atoms with Crippen molar-refractivity contribution in [2.75, 3.05) is 132 Å². The summed E-state index contributed by atoms with van der Waals surface area (Å²) in [4.78, 5) is 100. The molecule has 3 heterocycles. The fourth-order valence-corrected chi connectivity index (χ4v) is 16.4. The third-order valence-corrected chi connectivity index (χ3v) is 24.2. The van der Waals surface area contributed by atoms with Gasteiger partial charge in [-0.2, -0.15) is 0 Å². The summed E-state index contributed by atoms with van der Waals surface area (Å²) in [5.41, 5.74) is -2.52. The number of aliphatic hydroxyl groups is 9. The van der Waals surface area contributed by atoms with Crippen molar-refractivity contribution in [2.24, 2.45) is 17.3 Å². The topological polar surface area (TPSA) is 636 Å². The van der Waals surface area contributed by atoms with Crippen LogP contribution in [0.2, 0.25) is 0 Å². The molecule has 1 aliphatic carbocycles. The number of carbonyl (C=O) groups excluding carboxylic acids is 3. The minimum Gasteiger partial charge on any atom is -0.778 e. The second-order valence-corrected chi connectivity index (χ2v) is 36.8. The van der Waals surface area contributed by atoms with E-state index in [4.69, 9.17) is 83.3 Å². The number of amides is 3. The van der Waals surface area contributed by atoms with Crippen molar-refractivity contribution in [3.05, 3.63) is 0 Å². The molecule has 0 aromatic heterocycles. The molecular formula is C66H123N3O40P5-5. The zero-order valence-electron chi connectivity index (χ0n) is 65.5. The molecule has 0 radical (unpaired) electrons. The van der Waals surface area contributed by atoms with Crippen molar-refractivity contribution in [3.63, 3.8) is 0 Å². The predicted octanol–water partition coefficient (Wildman–Crippen LogP) is -1.85. The van der Waals surface area contributed by atoms with E-state index in [2.05, 4.69) is 16.0 Å². The molecule has 0 aromatic carbocycles. The number of phosphoric ester groups is 4. The first-order chi connectivity index (χ1) is 53.8. The normalized spacial score (nSPS) is 30.0. The Labute approximate surface area is 664 Å². The van der Waals surface area contributed by atoms with Crippen LogP contribution in [0.5, 0.6) is 0 Å². The minimum absolute atomic E-state index is 0.0717. The molecule has 3 amide bonds. The van der Waals surface area contributed by atoms with Crippen LogP contribution in [0.25, 0.3) is 0 Å². The molecule has 1 saturated carbocycles. The molecule has 672 valence electrons. The number of ether oxygens (including phenoxy) is 9. The van der Waals surface area contributed by atoms with Gasteiger partial charge in [0.1, 0.15) is 80.7 Å². The highest BCUT2D eigenvalue weighted by molar-refractivity contribution is 7.52. The molecule has 0 bridgehead atoms. The van der Waals surface area contributed by atoms with Crippen LogP contribution >= 0.6 is 38.9 Å². The van der Waals surface area contributed by atoms with Gasteiger partial charge in [0.25, 0.3) is 31.3 Å². The Morgan fingerprint density at radius 1 is 0.404 bits per heavy atom. The van der Waals surface area contributed by atoms with Crippen LogP contribution in [0, 0.1) is 17.3 Å². The molecule has 3 aliphatic heterocycles. The van der Waals surface area contributed by atoms with Crippen molar-refractivity contribution in [3.8, 4) is 0 Å². The Balaban J connectivity index is 1.35. The SMILES string of the molecule is CC(=O)NC1[C@H](OCCCCCCOP(=O)([O-])OCCCOCC(COCCCOP(=O)([O-])OCCCCCCO[C@@H]2OC(CO)[C@H](O)[C@H](O)C2NC(C)=O)(COCCCOP(=O)([O-])OCCCCCCO[C@@H]2OC(CO)[C@H](O)[C@H](O)C2NC(C)=O)COP(=O)([O-])OC[C@H]2C[C@@H](C)CC2OP(=O)([O-])C(C)C)OC(CO)[C@H](O)[C@@H]1O. The standard InChI is InChI=1S/C66H128N3O40P5/c1-44(2)110(82,83)109-50-35-45(3)34-49(50)39-104-114(90,91)105-43-66(40-92-22-19-31-101-111(84,85)98-28-16-10-7-13-25-95-63-54(67-46(4)73)60(79)57(76)51(36-70)106-63,41-93-23-20-32-102-112(86,87)99-29-17-11-8-14-26-96-64-55(68-47(5)74)61(80)58(77)52(37-71)107-64)42-94-24-21-33-103-113(88,89)100-30-18-12-9-15-27-97-65-56(69-48(6)75)62(81)59(78)53(38-72)108-65/h44-45,49-65,70-72,76-81H,7-43H2,1-6H3,(H,67,73)(H,68,74)(H,69,75)(H,82,83)(H,84,85)(H,86,87)(H,88,89)(H,90,91)/p-5/t45-,49-,50?,51?,52?,53?,54?,55?,56?,57+,58+,59+,60-,61-,62-,63-,64-,65-,66?/m1/s1. The fraction of sp³-hybridized carbons (Fsp3) is 0.955. The molecule has 48 heteroatoms. The third kappa shape index (κ3) is 40.1. The number of unbranched alkanes of at least 4 members (excludes halogenated alkanes) is 9. The van der Waals surface area contributed by atoms with Gasteiger partial charge in [0.15, 0.2) is 18.9 Å². The van der Waals surface area contributed by atoms with E-state index in [-0.39, 0.29) is 110 Å². The van der Waals surface area contributed by atoms with Gasteiger partial charge in [-0.15, -0.1) is 0 Å². The quantitative estimate of drug-likeness (QED) is 0.0235. The lowest BCUT2D eigenvalue weighted by Crippen LogP contribution is -2.64. The lowest BCUT2D eigenvalue weighted by molar-refractivity contribution is -0.270. The lowest BCUT2D eigenvalue weighted by atomic mass is 9.92. The Morgan fingerprint density at radius 2 is 0.693 bits per heavy atom. The Kier molecular flexibility index (Phi) is 49.6. The number of rotatable bonds is 63. The van der Waals surface area contributed by atoms with Crippen LogP contribution in [0.4, 0.5) is 0 Å². The van der Waals surface area contributed by atoms with Gasteiger partial charge in [0.05, 0.1) is 104 Å². The maximum Gasteiger partial charge on any atom is 0.267 e. The summed E-state index contributed by atoms with van der Waals surface area (Å²) in [6.45, 7) is 1.05. The van der Waals surface area contributed by atoms with Crippen LogP contribution < -0.4 is 40.4 Å². The zero-order valence-corrected chi connectivity index (χ0v) is 70.0. The monoisotopic (exact) mass is 1750 g/mol. The van der Waals surface area contributed by atoms with E-state index in [1.165, 1.54) is 34.6 Å². The van der Waals surface area contributed by atoms with Crippen molar-refractivity contribution < 1.29 is 191 Å². The summed E-state index contributed by atoms with van der Waals surface area (Å²) >= 11 is 0. The van der Waals surface area contributed by atoms with Crippen molar-refractivity contribution >= 4 is 56.6 Å². The maximum atomic E-state index is 13.7. The number of hydrogen-bond donors (Lipinski definition) is 12. The van der Waals surface area contributed by atoms with E-state index in [1.807, 2.05) is 6.92 Å². The third-order valence-electron chi connectivity index (χ3n) is 18.5. The van der Waals surface area contributed by atoms with Gasteiger partial charge in [-0.3, -0.25) is 32.6 Å². The Bertz CT molecular complexity index is 2730. The Morgan fingerprint density at radius 3 is 0.982 bits per heavy atom. The molecule has 4 aliphatic rings. The molecule has 114 heavy (non-hydrogen) atoms. The molecule has 43 nitrogen and oxygen atoms in total. The van der Waals surface area contributed by atoms with E-state index in [1.54, 1.807) is 0 Å². The van der Waals surface area contributed by atoms with Gasteiger partial charge in [0, 0.05) is 72.0 Å². The van der Waals surface area contributed by atoms with E-state index in [0.29, 0.717) is 64.2 Å². The van der Waals surface area contributed by atoms with Gasteiger partial charge < -0.3 is 174 Å². The molecule has 4 rings (SSSR count). The molecule has 3 saturated heterocycles. The zero-order chi connectivity index (χ0) is 84.7. The largest absolute Gasteiger partial charge is 0.778 e. The second kappa shape index (κ2) is 54.0. The summed E-state index contributed by atoms with van der Waals surface area (Å²) in [5, 5.41) is 98.4. The van der Waals surface area contributed by atoms with Gasteiger partial charge >= 0.3 is 0 Å². The summed E-state index contributed by atoms with van der Waals surface area (Å²) in [6.07, 6.45) is -11.6. The van der Waals surface area contributed by atoms with Crippen LogP contribution in [-0.2, 0) is 121 Å². The van der Waals surface area contributed by atoms with E-state index < -0.39 is 244 Å². The van der Waals surface area contributed by atoms with Crippen LogP contribution in [0.15, 0.2) is 0 Å². The number of hydrogen-bond acceptors (Lipinski definition) is 40. The highest BCUT2D eigenvalue weighted by atomic mass is 31.2. The first-order valence-corrected chi connectivity index (χ1v) is 45.9. The first-order valence-electron chi connectivity index (χ1n) is 38.5. The van der Waals surface area contributed by atoms with Gasteiger partial charge in [-0.25, -0.2) is 0 Å². The molecule has 0 spiro atoms. The molecule has 4 fully saturated rings. The maximum absolute atomic E-state index is 13.7. The lowest BCUT2D eigenvalue weighted by Gasteiger charge is -2.42. The number of carbonyl (C=O) groups is 3. The van der Waals surface area contributed by atoms with E-state index in [9.17, 15) is 108 Å². The average Bonchev–Trinajstić information content (AvgIpc) is 1.13. The van der Waals surface area contributed by atoms with Gasteiger partial charge in [0.2, 0.25) is 17.7 Å². The summed E-state index contributed by atoms with van der Waals surface area (Å²) < 4.78 is 163. The number of phosphoric acid groups is 4. The highest BCUT2D eigenvalue weighted by Crippen LogP contribution is 2.51. The number of aliphatic hydroxyl groups excluding tert-OH is 9. The Hall–Kier alpha value is -1.72. The molecule has 0 aromatic rings. The van der Waals surface area contributed by atoms with E-state index >= 15 is 0 Å². The average molecular weight is 1750 g/mol. The fourth-order valence-electron chi connectivity index (χ4n) is 12.3. The van der Waals surface area contributed by atoms with Crippen LogP contribution in [-0.4, -0.2) is 300 Å². The number of nitrogens with one attached hydrogen (secondary N) is 3.